The van der Waals surface area contributed by atoms with Gasteiger partial charge in [-0.25, -0.2) is 0 Å². The summed E-state index contributed by atoms with van der Waals surface area (Å²) in [5.74, 6) is 0. The van der Waals surface area contributed by atoms with Crippen molar-refractivity contribution in [3.8, 4) is 0 Å². The zero-order chi connectivity index (χ0) is 12.4. The zero-order valence-corrected chi connectivity index (χ0v) is 11.3. The summed E-state index contributed by atoms with van der Waals surface area (Å²) in [7, 11) is 0. The third-order valence-corrected chi connectivity index (χ3v) is 2.14. The van der Waals surface area contributed by atoms with E-state index in [1.807, 2.05) is 27.7 Å². The molecule has 0 unspecified atom stereocenters. The topological polar surface area (TPSA) is 4.93 Å². The van der Waals surface area contributed by atoms with E-state index in [0.29, 0.717) is 0 Å². The predicted octanol–water partition coefficient (Wildman–Crippen LogP) is 5.10. The van der Waals surface area contributed by atoms with Crippen LogP contribution in [0.1, 0.15) is 41.0 Å². The molecular weight excluding hydrogens is 194 g/mol. The van der Waals surface area contributed by atoms with Crippen molar-refractivity contribution in [3.63, 3.8) is 0 Å². The van der Waals surface area contributed by atoms with Crippen molar-refractivity contribution in [2.75, 3.05) is 0 Å². The summed E-state index contributed by atoms with van der Waals surface area (Å²) in [6.07, 6.45) is 3.35. The van der Waals surface area contributed by atoms with Gasteiger partial charge in [0.1, 0.15) is 0 Å². The van der Waals surface area contributed by atoms with Gasteiger partial charge in [-0.1, -0.05) is 52.8 Å². The van der Waals surface area contributed by atoms with Crippen LogP contribution in [0.15, 0.2) is 36.5 Å². The van der Waals surface area contributed by atoms with E-state index in [4.69, 9.17) is 0 Å². The maximum absolute atomic E-state index is 2.30. The first kappa shape index (κ1) is 14.8. The summed E-state index contributed by atoms with van der Waals surface area (Å²) in [5, 5.41) is 1.34. The Kier molecular flexibility index (Phi) is 8.32. The molecule has 0 aliphatic rings. The molecule has 0 amide bonds. The Hall–Kier alpha value is -1.24. The van der Waals surface area contributed by atoms with E-state index < -0.39 is 0 Å². The molecule has 1 heteroatoms. The van der Waals surface area contributed by atoms with Gasteiger partial charge in [0, 0.05) is 18.3 Å². The van der Waals surface area contributed by atoms with Crippen molar-refractivity contribution < 1.29 is 0 Å². The van der Waals surface area contributed by atoms with Crippen LogP contribution in [0, 0.1) is 0 Å². The Balaban J connectivity index is 0.000000509. The van der Waals surface area contributed by atoms with E-state index in [1.54, 1.807) is 0 Å². The molecule has 0 N–H and O–H groups in total. The molecule has 0 aliphatic heterocycles. The highest BCUT2D eigenvalue weighted by Gasteiger charge is 1.96. The Bertz CT molecular complexity index is 374. The van der Waals surface area contributed by atoms with Crippen LogP contribution in [-0.4, -0.2) is 4.57 Å². The number of hydrogen-bond donors (Lipinski definition) is 0. The van der Waals surface area contributed by atoms with Gasteiger partial charge in [-0.05, 0) is 23.9 Å². The maximum Gasteiger partial charge on any atom is 0.0480 e. The standard InChI is InChI=1S/C11H13N.2C2H6/c1-2-8-12-9-7-10-5-3-4-6-11(10)12;2*1-2/h3-7,9H,2,8H2,1H3;2*1-2H3. The molecular formula is C15H25N. The van der Waals surface area contributed by atoms with Crippen LogP contribution in [0.5, 0.6) is 0 Å². The zero-order valence-electron chi connectivity index (χ0n) is 11.3. The average Bonchev–Trinajstić information content (AvgIpc) is 2.79. The minimum Gasteiger partial charge on any atom is -0.347 e. The largest absolute Gasteiger partial charge is 0.347 e. The first-order valence-electron chi connectivity index (χ1n) is 6.45. The van der Waals surface area contributed by atoms with Crippen LogP contribution >= 0.6 is 0 Å². The molecule has 16 heavy (non-hydrogen) atoms. The van der Waals surface area contributed by atoms with Crippen molar-refractivity contribution in [2.24, 2.45) is 0 Å². The lowest BCUT2D eigenvalue weighted by molar-refractivity contribution is 0.703. The number of para-hydroxylation sites is 1. The average molecular weight is 219 g/mol. The maximum atomic E-state index is 2.30. The van der Waals surface area contributed by atoms with Crippen molar-refractivity contribution >= 4 is 10.9 Å². The molecule has 0 atom stereocenters. The van der Waals surface area contributed by atoms with Crippen molar-refractivity contribution in [1.29, 1.82) is 0 Å². The molecule has 0 saturated heterocycles. The van der Waals surface area contributed by atoms with E-state index >= 15 is 0 Å². The third-order valence-electron chi connectivity index (χ3n) is 2.14. The van der Waals surface area contributed by atoms with Gasteiger partial charge in [-0.15, -0.1) is 0 Å². The van der Waals surface area contributed by atoms with E-state index in [-0.39, 0.29) is 0 Å². The van der Waals surface area contributed by atoms with Gasteiger partial charge >= 0.3 is 0 Å². The summed E-state index contributed by atoms with van der Waals surface area (Å²) in [6.45, 7) is 11.3. The van der Waals surface area contributed by atoms with E-state index in [0.717, 1.165) is 6.54 Å². The molecule has 1 nitrogen and oxygen atoms in total. The second-order valence-corrected chi connectivity index (χ2v) is 3.07. The molecule has 0 radical (unpaired) electrons. The molecule has 2 rings (SSSR count). The summed E-state index contributed by atoms with van der Waals surface area (Å²) in [5.41, 5.74) is 1.35. The number of fused-ring (bicyclic) bond motifs is 1. The molecule has 1 aromatic heterocycles. The van der Waals surface area contributed by atoms with Crippen molar-refractivity contribution in [1.82, 2.24) is 4.57 Å². The molecule has 90 valence electrons. The lowest BCUT2D eigenvalue weighted by Gasteiger charge is -2.01. The SMILES string of the molecule is CC.CC.CCCn1ccc2ccccc21. The van der Waals surface area contributed by atoms with Gasteiger partial charge in [-0.2, -0.15) is 0 Å². The molecule has 1 heterocycles. The Labute approximate surface area is 100 Å². The number of rotatable bonds is 2. The second-order valence-electron chi connectivity index (χ2n) is 3.07. The van der Waals surface area contributed by atoms with E-state index in [9.17, 15) is 0 Å². The first-order valence-corrected chi connectivity index (χ1v) is 6.45. The number of aryl methyl sites for hydroxylation is 1. The third kappa shape index (κ3) is 3.73. The summed E-state index contributed by atoms with van der Waals surface area (Å²) in [6, 6.07) is 10.7. The lowest BCUT2D eigenvalue weighted by atomic mass is 10.2. The minimum absolute atomic E-state index is 1.12. The normalized spacial score (nSPS) is 8.81. The van der Waals surface area contributed by atoms with E-state index in [1.165, 1.54) is 17.3 Å². The summed E-state index contributed by atoms with van der Waals surface area (Å²) < 4.78 is 2.30. The van der Waals surface area contributed by atoms with Crippen LogP contribution in [0.25, 0.3) is 10.9 Å². The number of aromatic nitrogens is 1. The number of nitrogens with zero attached hydrogens (tertiary/aromatic N) is 1. The molecule has 0 bridgehead atoms. The highest BCUT2D eigenvalue weighted by atomic mass is 14.9. The van der Waals surface area contributed by atoms with Crippen LogP contribution in [0.3, 0.4) is 0 Å². The molecule has 1 aromatic carbocycles. The monoisotopic (exact) mass is 219 g/mol. The van der Waals surface area contributed by atoms with Crippen LogP contribution < -0.4 is 0 Å². The van der Waals surface area contributed by atoms with Gasteiger partial charge < -0.3 is 4.57 Å². The Morgan fingerprint density at radius 1 is 0.938 bits per heavy atom. The highest BCUT2D eigenvalue weighted by Crippen LogP contribution is 2.14. The van der Waals surface area contributed by atoms with Crippen LogP contribution in [0.4, 0.5) is 0 Å². The minimum atomic E-state index is 1.12. The quantitative estimate of drug-likeness (QED) is 0.662. The van der Waals surface area contributed by atoms with E-state index in [2.05, 4.69) is 48.0 Å². The number of hydrogen-bond acceptors (Lipinski definition) is 0. The first-order chi connectivity index (χ1) is 7.92. The van der Waals surface area contributed by atoms with Gasteiger partial charge in [-0.3, -0.25) is 0 Å². The second kappa shape index (κ2) is 9.02. The summed E-state index contributed by atoms with van der Waals surface area (Å²) >= 11 is 0. The molecule has 0 spiro atoms. The molecule has 0 fully saturated rings. The predicted molar refractivity (Wildman–Crippen MR) is 74.9 cm³/mol. The van der Waals surface area contributed by atoms with Crippen LogP contribution in [0.2, 0.25) is 0 Å². The molecule has 0 aliphatic carbocycles. The van der Waals surface area contributed by atoms with Gasteiger partial charge in [0.15, 0.2) is 0 Å². The van der Waals surface area contributed by atoms with Crippen LogP contribution in [-0.2, 0) is 6.54 Å². The Morgan fingerprint density at radius 2 is 1.56 bits per heavy atom. The van der Waals surface area contributed by atoms with Crippen molar-refractivity contribution in [3.05, 3.63) is 36.5 Å². The lowest BCUT2D eigenvalue weighted by Crippen LogP contribution is -1.92. The number of benzene rings is 1. The molecule has 0 saturated carbocycles. The van der Waals surface area contributed by atoms with Crippen molar-refractivity contribution in [2.45, 2.75) is 47.6 Å². The van der Waals surface area contributed by atoms with Gasteiger partial charge in [0.05, 0.1) is 0 Å². The van der Waals surface area contributed by atoms with Gasteiger partial charge in [0.2, 0.25) is 0 Å². The fraction of sp³-hybridized carbons (Fsp3) is 0.467. The smallest absolute Gasteiger partial charge is 0.0480 e. The van der Waals surface area contributed by atoms with Gasteiger partial charge in [0.25, 0.3) is 0 Å². The fourth-order valence-electron chi connectivity index (χ4n) is 1.58. The fourth-order valence-corrected chi connectivity index (χ4v) is 1.58. The summed E-state index contributed by atoms with van der Waals surface area (Å²) in [4.78, 5) is 0. The molecule has 2 aromatic rings. The Morgan fingerprint density at radius 3 is 2.19 bits per heavy atom. The highest BCUT2D eigenvalue weighted by molar-refractivity contribution is 5.79.